The van der Waals surface area contributed by atoms with Gasteiger partial charge in [-0.2, -0.15) is 18.6 Å². The van der Waals surface area contributed by atoms with Crippen LogP contribution >= 0.6 is 0 Å². The van der Waals surface area contributed by atoms with Crippen molar-refractivity contribution < 1.29 is 22.0 Å². The zero-order chi connectivity index (χ0) is 15.9. The van der Waals surface area contributed by atoms with Gasteiger partial charge in [-0.25, -0.2) is 28.1 Å². The minimum Gasteiger partial charge on any atom is -0.242 e. The largest absolute Gasteiger partial charge is 0.335 e. The van der Waals surface area contributed by atoms with Crippen molar-refractivity contribution in [2.24, 2.45) is 0 Å². The minimum absolute atomic E-state index is 0.0440. The number of alkyl halides is 4. The fourth-order valence-electron chi connectivity index (χ4n) is 1.85. The predicted molar refractivity (Wildman–Crippen MR) is 64.7 cm³/mol. The number of rotatable bonds is 3. The van der Waals surface area contributed by atoms with Crippen LogP contribution in [0, 0.1) is 5.82 Å². The van der Waals surface area contributed by atoms with Crippen LogP contribution in [0.4, 0.5) is 22.0 Å². The number of nitrogens with zero attached hydrogens (tertiary/aromatic N) is 5. The summed E-state index contributed by atoms with van der Waals surface area (Å²) in [5, 5.41) is 3.43. The van der Waals surface area contributed by atoms with E-state index in [9.17, 15) is 22.0 Å². The van der Waals surface area contributed by atoms with Crippen molar-refractivity contribution in [3.63, 3.8) is 0 Å². The molecule has 0 fully saturated rings. The number of halogens is 5. The van der Waals surface area contributed by atoms with Crippen molar-refractivity contribution in [2.75, 3.05) is 0 Å². The molecule has 3 rings (SSSR count). The molecule has 3 aromatic heterocycles. The highest BCUT2D eigenvalue weighted by molar-refractivity contribution is 5.72. The molecule has 5 nitrogen and oxygen atoms in total. The van der Waals surface area contributed by atoms with E-state index in [2.05, 4.69) is 20.1 Å². The molecule has 0 N–H and O–H groups in total. The van der Waals surface area contributed by atoms with E-state index in [0.29, 0.717) is 4.68 Å². The molecule has 0 aliphatic rings. The van der Waals surface area contributed by atoms with E-state index in [-0.39, 0.29) is 22.6 Å². The summed E-state index contributed by atoms with van der Waals surface area (Å²) in [4.78, 5) is 11.2. The van der Waals surface area contributed by atoms with Crippen LogP contribution in [0.3, 0.4) is 0 Å². The SMILES string of the molecule is Fc1ccc(-c2cnc3c(cnn3C(F)F)n2)nc1C(F)F. The number of pyridine rings is 1. The molecule has 3 aromatic rings. The van der Waals surface area contributed by atoms with E-state index in [1.165, 1.54) is 0 Å². The van der Waals surface area contributed by atoms with Crippen LogP contribution in [0.1, 0.15) is 18.7 Å². The first-order chi connectivity index (χ1) is 10.5. The first-order valence-corrected chi connectivity index (χ1v) is 5.90. The van der Waals surface area contributed by atoms with Crippen LogP contribution in [-0.4, -0.2) is 24.7 Å². The molecule has 22 heavy (non-hydrogen) atoms. The van der Waals surface area contributed by atoms with Gasteiger partial charge in [0, 0.05) is 0 Å². The molecule has 0 amide bonds. The van der Waals surface area contributed by atoms with Gasteiger partial charge in [0.05, 0.1) is 18.1 Å². The Morgan fingerprint density at radius 2 is 1.73 bits per heavy atom. The highest BCUT2D eigenvalue weighted by Gasteiger charge is 2.18. The Labute approximate surface area is 119 Å². The third kappa shape index (κ3) is 2.36. The first-order valence-electron chi connectivity index (χ1n) is 5.90. The molecule has 0 unspecified atom stereocenters. The van der Waals surface area contributed by atoms with E-state index < -0.39 is 24.5 Å². The van der Waals surface area contributed by atoms with Crippen LogP contribution < -0.4 is 0 Å². The van der Waals surface area contributed by atoms with Gasteiger partial charge in [0.1, 0.15) is 16.9 Å². The Hall–Kier alpha value is -2.65. The van der Waals surface area contributed by atoms with Crippen molar-refractivity contribution in [1.82, 2.24) is 24.7 Å². The molecular weight excluding hydrogens is 309 g/mol. The quantitative estimate of drug-likeness (QED) is 0.695. The van der Waals surface area contributed by atoms with Gasteiger partial charge in [0.2, 0.25) is 0 Å². The van der Waals surface area contributed by atoms with Crippen LogP contribution in [0.5, 0.6) is 0 Å². The standard InChI is InChI=1S/C12H6F5N5/c13-5-1-2-6(21-9(5)10(14)15)7-3-18-11-8(20-7)4-19-22(11)12(16)17/h1-4,10,12H. The molecule has 0 saturated heterocycles. The maximum atomic E-state index is 13.2. The molecule has 0 radical (unpaired) electrons. The summed E-state index contributed by atoms with van der Waals surface area (Å²) in [7, 11) is 0. The second kappa shape index (κ2) is 5.28. The lowest BCUT2D eigenvalue weighted by Crippen LogP contribution is -2.02. The summed E-state index contributed by atoms with van der Waals surface area (Å²) in [5.41, 5.74) is -1.13. The van der Waals surface area contributed by atoms with Crippen LogP contribution in [0.2, 0.25) is 0 Å². The third-order valence-corrected chi connectivity index (χ3v) is 2.83. The minimum atomic E-state index is -3.08. The zero-order valence-corrected chi connectivity index (χ0v) is 10.6. The Morgan fingerprint density at radius 1 is 0.955 bits per heavy atom. The van der Waals surface area contributed by atoms with Crippen molar-refractivity contribution in [1.29, 1.82) is 0 Å². The first kappa shape index (κ1) is 14.3. The number of fused-ring (bicyclic) bond motifs is 1. The summed E-state index contributed by atoms with van der Waals surface area (Å²) >= 11 is 0. The Bertz CT molecular complexity index is 832. The number of hydrogen-bond donors (Lipinski definition) is 0. The van der Waals surface area contributed by atoms with Crippen LogP contribution in [-0.2, 0) is 0 Å². The van der Waals surface area contributed by atoms with Crippen LogP contribution in [0.25, 0.3) is 22.6 Å². The second-order valence-electron chi connectivity index (χ2n) is 4.20. The van der Waals surface area contributed by atoms with E-state index in [4.69, 9.17) is 0 Å². The fraction of sp³-hybridized carbons (Fsp3) is 0.167. The third-order valence-electron chi connectivity index (χ3n) is 2.83. The number of hydrogen-bond acceptors (Lipinski definition) is 4. The van der Waals surface area contributed by atoms with Gasteiger partial charge < -0.3 is 0 Å². The fourth-order valence-corrected chi connectivity index (χ4v) is 1.85. The lowest BCUT2D eigenvalue weighted by molar-refractivity contribution is 0.0608. The van der Waals surface area contributed by atoms with Crippen LogP contribution in [0.15, 0.2) is 24.5 Å². The van der Waals surface area contributed by atoms with Crippen molar-refractivity contribution >= 4 is 11.2 Å². The molecule has 0 bridgehead atoms. The van der Waals surface area contributed by atoms with Gasteiger partial charge >= 0.3 is 6.55 Å². The highest BCUT2D eigenvalue weighted by atomic mass is 19.3. The lowest BCUT2D eigenvalue weighted by atomic mass is 10.2. The summed E-state index contributed by atoms with van der Waals surface area (Å²) in [6.07, 6.45) is -0.938. The van der Waals surface area contributed by atoms with E-state index in [1.807, 2.05) is 0 Å². The van der Waals surface area contributed by atoms with E-state index in [0.717, 1.165) is 24.5 Å². The summed E-state index contributed by atoms with van der Waals surface area (Å²) in [6.45, 7) is -2.88. The smallest absolute Gasteiger partial charge is 0.242 e. The maximum absolute atomic E-state index is 13.2. The Kier molecular flexibility index (Phi) is 3.43. The van der Waals surface area contributed by atoms with Crippen molar-refractivity contribution in [3.05, 3.63) is 36.0 Å². The topological polar surface area (TPSA) is 56.5 Å². The Morgan fingerprint density at radius 3 is 2.41 bits per heavy atom. The highest BCUT2D eigenvalue weighted by Crippen LogP contribution is 2.25. The van der Waals surface area contributed by atoms with Gasteiger partial charge in [0.25, 0.3) is 6.43 Å². The second-order valence-corrected chi connectivity index (χ2v) is 4.20. The van der Waals surface area contributed by atoms with Gasteiger partial charge in [-0.15, -0.1) is 0 Å². The normalized spacial score (nSPS) is 11.8. The molecule has 0 spiro atoms. The zero-order valence-electron chi connectivity index (χ0n) is 10.6. The average molecular weight is 315 g/mol. The van der Waals surface area contributed by atoms with Gasteiger partial charge in [0.15, 0.2) is 11.5 Å². The average Bonchev–Trinajstić information content (AvgIpc) is 2.90. The molecule has 0 atom stereocenters. The molecule has 0 aliphatic heterocycles. The van der Waals surface area contributed by atoms with E-state index in [1.54, 1.807) is 0 Å². The molecule has 3 heterocycles. The van der Waals surface area contributed by atoms with Gasteiger partial charge in [-0.3, -0.25) is 0 Å². The predicted octanol–water partition coefficient (Wildman–Crippen LogP) is 3.36. The molecule has 0 aromatic carbocycles. The summed E-state index contributed by atoms with van der Waals surface area (Å²) in [5.74, 6) is -1.14. The lowest BCUT2D eigenvalue weighted by Gasteiger charge is -2.05. The molecule has 114 valence electrons. The maximum Gasteiger partial charge on any atom is 0.335 e. The van der Waals surface area contributed by atoms with Gasteiger partial charge in [-0.1, -0.05) is 0 Å². The molecule has 10 heteroatoms. The Balaban J connectivity index is 2.09. The molecule has 0 saturated carbocycles. The monoisotopic (exact) mass is 315 g/mol. The summed E-state index contributed by atoms with van der Waals surface area (Å²) < 4.78 is 64.1. The molecular formula is C12H6F5N5. The van der Waals surface area contributed by atoms with E-state index >= 15 is 0 Å². The van der Waals surface area contributed by atoms with Crippen molar-refractivity contribution in [3.8, 4) is 11.4 Å². The molecule has 0 aliphatic carbocycles. The van der Waals surface area contributed by atoms with Gasteiger partial charge in [-0.05, 0) is 12.1 Å². The number of aromatic nitrogens is 5. The van der Waals surface area contributed by atoms with Crippen molar-refractivity contribution in [2.45, 2.75) is 13.0 Å². The summed E-state index contributed by atoms with van der Waals surface area (Å²) in [6, 6.07) is 1.98.